The quantitative estimate of drug-likeness (QED) is 0.597. The van der Waals surface area contributed by atoms with Crippen LogP contribution in [0.1, 0.15) is 0 Å². The second-order valence-electron chi connectivity index (χ2n) is 2.86. The minimum absolute atomic E-state index is 0.422. The SMILES string of the molecule is O=c1ccc2cc(NS(=O)O)ccc2o1. The van der Waals surface area contributed by atoms with Gasteiger partial charge in [0.1, 0.15) is 5.58 Å². The van der Waals surface area contributed by atoms with E-state index < -0.39 is 16.9 Å². The van der Waals surface area contributed by atoms with Gasteiger partial charge in [0.15, 0.2) is 0 Å². The van der Waals surface area contributed by atoms with Crippen molar-refractivity contribution >= 4 is 27.9 Å². The van der Waals surface area contributed by atoms with Crippen molar-refractivity contribution < 1.29 is 13.2 Å². The third kappa shape index (κ3) is 2.23. The monoisotopic (exact) mass is 225 g/mol. The van der Waals surface area contributed by atoms with Gasteiger partial charge in [-0.05, 0) is 24.3 Å². The Morgan fingerprint density at radius 1 is 1.27 bits per heavy atom. The number of rotatable bonds is 2. The van der Waals surface area contributed by atoms with Gasteiger partial charge in [0.05, 0.1) is 0 Å². The van der Waals surface area contributed by atoms with Crippen LogP contribution in [0.4, 0.5) is 5.69 Å². The second-order valence-corrected chi connectivity index (χ2v) is 3.56. The summed E-state index contributed by atoms with van der Waals surface area (Å²) in [5.41, 5.74) is 0.503. The summed E-state index contributed by atoms with van der Waals surface area (Å²) < 4.78 is 26.3. The minimum atomic E-state index is -2.11. The molecular formula is C9H7NO4S. The normalized spacial score (nSPS) is 12.6. The highest BCUT2D eigenvalue weighted by Crippen LogP contribution is 2.17. The van der Waals surface area contributed by atoms with Crippen LogP contribution in [0.5, 0.6) is 0 Å². The first-order valence-corrected chi connectivity index (χ1v) is 5.17. The highest BCUT2D eigenvalue weighted by molar-refractivity contribution is 7.80. The Balaban J connectivity index is 2.52. The first-order chi connectivity index (χ1) is 7.15. The van der Waals surface area contributed by atoms with Crippen LogP contribution in [0, 0.1) is 0 Å². The predicted molar refractivity (Wildman–Crippen MR) is 56.9 cm³/mol. The molecule has 0 bridgehead atoms. The molecule has 1 aromatic carbocycles. The molecule has 6 heteroatoms. The van der Waals surface area contributed by atoms with Gasteiger partial charge in [-0.25, -0.2) is 9.00 Å². The largest absolute Gasteiger partial charge is 0.423 e. The third-order valence-electron chi connectivity index (χ3n) is 1.82. The van der Waals surface area contributed by atoms with Gasteiger partial charge in [-0.15, -0.1) is 0 Å². The van der Waals surface area contributed by atoms with E-state index in [4.69, 9.17) is 8.97 Å². The fourth-order valence-electron chi connectivity index (χ4n) is 1.24. The van der Waals surface area contributed by atoms with E-state index in [2.05, 4.69) is 4.72 Å². The molecule has 0 fully saturated rings. The van der Waals surface area contributed by atoms with Crippen LogP contribution in [-0.2, 0) is 11.3 Å². The lowest BCUT2D eigenvalue weighted by Crippen LogP contribution is -2.01. The average Bonchev–Trinajstić information content (AvgIpc) is 2.17. The van der Waals surface area contributed by atoms with Crippen molar-refractivity contribution in [2.24, 2.45) is 0 Å². The molecule has 0 amide bonds. The Bertz CT molecular complexity index is 578. The molecule has 15 heavy (non-hydrogen) atoms. The molecule has 0 aliphatic rings. The topological polar surface area (TPSA) is 79.5 Å². The summed E-state index contributed by atoms with van der Waals surface area (Å²) in [6.07, 6.45) is 0. The maximum absolute atomic E-state index is 10.9. The summed E-state index contributed by atoms with van der Waals surface area (Å²) in [6.45, 7) is 0. The minimum Gasteiger partial charge on any atom is -0.423 e. The Hall–Kier alpha value is -1.66. The van der Waals surface area contributed by atoms with Crippen molar-refractivity contribution in [3.05, 3.63) is 40.8 Å². The Kier molecular flexibility index (Phi) is 2.53. The van der Waals surface area contributed by atoms with Crippen LogP contribution in [0.25, 0.3) is 11.0 Å². The lowest BCUT2D eigenvalue weighted by atomic mass is 10.2. The molecule has 78 valence electrons. The van der Waals surface area contributed by atoms with Crippen molar-refractivity contribution in [3.8, 4) is 0 Å². The highest BCUT2D eigenvalue weighted by Gasteiger charge is 2.00. The fraction of sp³-hybridized carbons (Fsp3) is 0. The fourth-order valence-corrected chi connectivity index (χ4v) is 1.56. The lowest BCUT2D eigenvalue weighted by Gasteiger charge is -2.01. The molecule has 0 saturated heterocycles. The number of hydrogen-bond acceptors (Lipinski definition) is 3. The molecule has 1 aromatic heterocycles. The van der Waals surface area contributed by atoms with Crippen molar-refractivity contribution in [1.82, 2.24) is 0 Å². The summed E-state index contributed by atoms with van der Waals surface area (Å²) in [7, 11) is 0. The number of fused-ring (bicyclic) bond motifs is 1. The van der Waals surface area contributed by atoms with E-state index in [-0.39, 0.29) is 0 Å². The number of benzene rings is 1. The molecule has 0 aliphatic heterocycles. The molecule has 0 aliphatic carbocycles. The van der Waals surface area contributed by atoms with E-state index in [0.29, 0.717) is 16.7 Å². The first kappa shape index (κ1) is 9.88. The maximum atomic E-state index is 10.9. The van der Waals surface area contributed by atoms with Gasteiger partial charge in [0, 0.05) is 17.1 Å². The van der Waals surface area contributed by atoms with E-state index >= 15 is 0 Å². The molecule has 0 spiro atoms. The van der Waals surface area contributed by atoms with Crippen LogP contribution in [0.2, 0.25) is 0 Å². The van der Waals surface area contributed by atoms with Crippen molar-refractivity contribution in [1.29, 1.82) is 0 Å². The highest BCUT2D eigenvalue weighted by atomic mass is 32.2. The summed E-state index contributed by atoms with van der Waals surface area (Å²) >= 11 is -2.11. The molecule has 5 nitrogen and oxygen atoms in total. The Labute approximate surface area is 87.1 Å². The van der Waals surface area contributed by atoms with Crippen LogP contribution in [0.3, 0.4) is 0 Å². The zero-order valence-electron chi connectivity index (χ0n) is 7.47. The summed E-state index contributed by atoms with van der Waals surface area (Å²) in [4.78, 5) is 10.9. The molecule has 1 unspecified atom stereocenters. The molecule has 0 radical (unpaired) electrons. The maximum Gasteiger partial charge on any atom is 0.336 e. The van der Waals surface area contributed by atoms with Gasteiger partial charge in [-0.2, -0.15) is 0 Å². The smallest absolute Gasteiger partial charge is 0.336 e. The second kappa shape index (κ2) is 3.84. The third-order valence-corrected chi connectivity index (χ3v) is 2.23. The molecule has 2 N–H and O–H groups in total. The van der Waals surface area contributed by atoms with E-state index in [9.17, 15) is 9.00 Å². The van der Waals surface area contributed by atoms with E-state index in [0.717, 1.165) is 0 Å². The van der Waals surface area contributed by atoms with Gasteiger partial charge in [-0.3, -0.25) is 9.27 Å². The van der Waals surface area contributed by atoms with Gasteiger partial charge >= 0.3 is 5.63 Å². The summed E-state index contributed by atoms with van der Waals surface area (Å²) in [6, 6.07) is 7.62. The van der Waals surface area contributed by atoms with Crippen molar-refractivity contribution in [2.75, 3.05) is 4.72 Å². The first-order valence-electron chi connectivity index (χ1n) is 4.06. The number of hydrogen-bond donors (Lipinski definition) is 2. The van der Waals surface area contributed by atoms with Crippen molar-refractivity contribution in [3.63, 3.8) is 0 Å². The standard InChI is InChI=1S/C9H7NO4S/c11-9-4-1-6-5-7(10-15(12)13)2-3-8(6)14-9/h1-5,10H,(H,12,13). The Morgan fingerprint density at radius 3 is 2.80 bits per heavy atom. The summed E-state index contributed by atoms with van der Waals surface area (Å²) in [5.74, 6) is 0. The lowest BCUT2D eigenvalue weighted by molar-refractivity contribution is 0.561. The zero-order valence-corrected chi connectivity index (χ0v) is 8.28. The number of nitrogens with one attached hydrogen (secondary N) is 1. The van der Waals surface area contributed by atoms with Gasteiger partial charge in [0.2, 0.25) is 0 Å². The Morgan fingerprint density at radius 2 is 2.07 bits per heavy atom. The molecule has 0 saturated carbocycles. The molecule has 2 rings (SSSR count). The van der Waals surface area contributed by atoms with Gasteiger partial charge < -0.3 is 4.42 Å². The van der Waals surface area contributed by atoms with Crippen molar-refractivity contribution in [2.45, 2.75) is 0 Å². The molecule has 2 aromatic rings. The van der Waals surface area contributed by atoms with E-state index in [1.807, 2.05) is 0 Å². The summed E-state index contributed by atoms with van der Waals surface area (Å²) in [5, 5.41) is 0.685. The van der Waals surface area contributed by atoms with Crippen LogP contribution in [-0.4, -0.2) is 8.76 Å². The van der Waals surface area contributed by atoms with Crippen LogP contribution in [0.15, 0.2) is 39.5 Å². The van der Waals surface area contributed by atoms with Gasteiger partial charge in [0.25, 0.3) is 11.3 Å². The predicted octanol–water partition coefficient (Wildman–Crippen LogP) is 1.34. The van der Waals surface area contributed by atoms with E-state index in [1.54, 1.807) is 24.3 Å². The van der Waals surface area contributed by atoms with Crippen LogP contribution < -0.4 is 10.3 Å². The zero-order chi connectivity index (χ0) is 10.8. The molecule has 1 heterocycles. The van der Waals surface area contributed by atoms with Crippen LogP contribution >= 0.6 is 0 Å². The number of anilines is 1. The van der Waals surface area contributed by atoms with E-state index in [1.165, 1.54) is 6.07 Å². The molecule has 1 atom stereocenters. The average molecular weight is 225 g/mol. The van der Waals surface area contributed by atoms with Gasteiger partial charge in [-0.1, -0.05) is 0 Å². The molecular weight excluding hydrogens is 218 g/mol.